The largest absolute Gasteiger partial charge is 0.381 e. The van der Waals surface area contributed by atoms with E-state index in [1.54, 1.807) is 20.8 Å². The number of halogens is 2. The molecule has 0 spiro atoms. The molecule has 0 aromatic rings. The van der Waals surface area contributed by atoms with Crippen molar-refractivity contribution in [2.45, 2.75) is 52.4 Å². The van der Waals surface area contributed by atoms with E-state index in [9.17, 15) is 13.6 Å². The van der Waals surface area contributed by atoms with Gasteiger partial charge < -0.3 is 19.5 Å². The monoisotopic (exact) mass is 323 g/mol. The van der Waals surface area contributed by atoms with E-state index in [4.69, 9.17) is 9.47 Å². The highest BCUT2D eigenvalue weighted by atomic mass is 19.3. The van der Waals surface area contributed by atoms with E-state index in [0.29, 0.717) is 12.5 Å². The molecule has 0 saturated carbocycles. The van der Waals surface area contributed by atoms with E-state index in [2.05, 4.69) is 10.1 Å². The third-order valence-electron chi connectivity index (χ3n) is 3.76. The molecule has 1 fully saturated rings. The SMILES string of the molecule is CC(C)C(=O)NC(COC(F)F)C(C)OCC1CCOCC1. The lowest BCUT2D eigenvalue weighted by Crippen LogP contribution is -2.48. The molecule has 1 heterocycles. The van der Waals surface area contributed by atoms with Crippen LogP contribution in [0.15, 0.2) is 0 Å². The normalized spacial score (nSPS) is 19.4. The van der Waals surface area contributed by atoms with Crippen LogP contribution in [0.3, 0.4) is 0 Å². The molecule has 130 valence electrons. The average molecular weight is 323 g/mol. The van der Waals surface area contributed by atoms with Crippen molar-refractivity contribution in [3.8, 4) is 0 Å². The van der Waals surface area contributed by atoms with Gasteiger partial charge in [-0.1, -0.05) is 13.8 Å². The highest BCUT2D eigenvalue weighted by molar-refractivity contribution is 5.78. The summed E-state index contributed by atoms with van der Waals surface area (Å²) in [6.45, 7) is 4.11. The molecule has 0 radical (unpaired) electrons. The van der Waals surface area contributed by atoms with Crippen LogP contribution in [-0.2, 0) is 19.0 Å². The fraction of sp³-hybridized carbons (Fsp3) is 0.933. The van der Waals surface area contributed by atoms with Gasteiger partial charge in [-0.15, -0.1) is 0 Å². The molecule has 7 heteroatoms. The van der Waals surface area contributed by atoms with E-state index in [-0.39, 0.29) is 18.4 Å². The van der Waals surface area contributed by atoms with Crippen molar-refractivity contribution in [3.05, 3.63) is 0 Å². The molecule has 1 N–H and O–H groups in total. The summed E-state index contributed by atoms with van der Waals surface area (Å²) < 4.78 is 39.9. The van der Waals surface area contributed by atoms with Gasteiger partial charge in [0.15, 0.2) is 0 Å². The average Bonchev–Trinajstić information content (AvgIpc) is 2.49. The van der Waals surface area contributed by atoms with Crippen molar-refractivity contribution in [1.82, 2.24) is 5.32 Å². The van der Waals surface area contributed by atoms with Crippen LogP contribution in [0, 0.1) is 11.8 Å². The van der Waals surface area contributed by atoms with Crippen LogP contribution in [0.4, 0.5) is 8.78 Å². The molecule has 1 amide bonds. The molecule has 1 aliphatic heterocycles. The Kier molecular flexibility index (Phi) is 8.82. The zero-order valence-corrected chi connectivity index (χ0v) is 13.5. The summed E-state index contributed by atoms with van der Waals surface area (Å²) in [5.41, 5.74) is 0. The second-order valence-corrected chi connectivity index (χ2v) is 5.96. The van der Waals surface area contributed by atoms with E-state index in [0.717, 1.165) is 26.1 Å². The van der Waals surface area contributed by atoms with Crippen LogP contribution < -0.4 is 5.32 Å². The summed E-state index contributed by atoms with van der Waals surface area (Å²) in [5, 5.41) is 2.71. The molecule has 5 nitrogen and oxygen atoms in total. The molecular weight excluding hydrogens is 296 g/mol. The predicted molar refractivity (Wildman–Crippen MR) is 77.7 cm³/mol. The zero-order valence-electron chi connectivity index (χ0n) is 13.5. The third kappa shape index (κ3) is 7.47. The maximum Gasteiger partial charge on any atom is 0.345 e. The van der Waals surface area contributed by atoms with Crippen LogP contribution >= 0.6 is 0 Å². The Labute approximate surface area is 130 Å². The lowest BCUT2D eigenvalue weighted by Gasteiger charge is -2.29. The van der Waals surface area contributed by atoms with Crippen LogP contribution in [0.1, 0.15) is 33.6 Å². The number of hydrogen-bond donors (Lipinski definition) is 1. The molecule has 0 aromatic heterocycles. The third-order valence-corrected chi connectivity index (χ3v) is 3.76. The quantitative estimate of drug-likeness (QED) is 0.707. The fourth-order valence-electron chi connectivity index (χ4n) is 2.14. The zero-order chi connectivity index (χ0) is 16.5. The number of alkyl halides is 2. The minimum atomic E-state index is -2.86. The van der Waals surface area contributed by atoms with E-state index >= 15 is 0 Å². The van der Waals surface area contributed by atoms with Crippen LogP contribution in [0.25, 0.3) is 0 Å². The molecule has 22 heavy (non-hydrogen) atoms. The van der Waals surface area contributed by atoms with Crippen molar-refractivity contribution in [3.63, 3.8) is 0 Å². The van der Waals surface area contributed by atoms with Crippen LogP contribution in [-0.4, -0.2) is 51.1 Å². The Morgan fingerprint density at radius 3 is 2.41 bits per heavy atom. The lowest BCUT2D eigenvalue weighted by molar-refractivity contribution is -0.148. The first-order valence-electron chi connectivity index (χ1n) is 7.79. The standard InChI is InChI=1S/C15H27F2NO4/c1-10(2)14(19)18-13(9-22-15(16)17)11(3)21-8-12-4-6-20-7-5-12/h10-13,15H,4-9H2,1-3H3,(H,18,19). The molecule has 0 aliphatic carbocycles. The van der Waals surface area contributed by atoms with Crippen LogP contribution in [0.5, 0.6) is 0 Å². The first-order valence-corrected chi connectivity index (χ1v) is 7.79. The van der Waals surface area contributed by atoms with E-state index in [1.165, 1.54) is 0 Å². The van der Waals surface area contributed by atoms with Gasteiger partial charge in [0.2, 0.25) is 5.91 Å². The van der Waals surface area contributed by atoms with Crippen molar-refractivity contribution in [2.24, 2.45) is 11.8 Å². The summed E-state index contributed by atoms with van der Waals surface area (Å²) in [6, 6.07) is -0.594. The molecule has 1 rings (SSSR count). The van der Waals surface area contributed by atoms with Gasteiger partial charge in [0.05, 0.1) is 25.4 Å². The number of nitrogens with one attached hydrogen (secondary N) is 1. The Bertz CT molecular complexity index is 323. The first-order chi connectivity index (χ1) is 10.4. The van der Waals surface area contributed by atoms with Crippen molar-refractivity contribution < 1.29 is 27.8 Å². The van der Waals surface area contributed by atoms with Crippen molar-refractivity contribution in [1.29, 1.82) is 0 Å². The van der Waals surface area contributed by atoms with Gasteiger partial charge in [0.25, 0.3) is 0 Å². The molecule has 0 aromatic carbocycles. The topological polar surface area (TPSA) is 56.8 Å². The smallest absolute Gasteiger partial charge is 0.345 e. The van der Waals surface area contributed by atoms with Gasteiger partial charge in [-0.05, 0) is 25.7 Å². The summed E-state index contributed by atoms with van der Waals surface area (Å²) in [7, 11) is 0. The fourth-order valence-corrected chi connectivity index (χ4v) is 2.14. The summed E-state index contributed by atoms with van der Waals surface area (Å²) in [6.07, 6.45) is 1.47. The van der Waals surface area contributed by atoms with Gasteiger partial charge >= 0.3 is 6.61 Å². The van der Waals surface area contributed by atoms with Gasteiger partial charge in [-0.2, -0.15) is 8.78 Å². The number of amides is 1. The Balaban J connectivity index is 2.45. The molecule has 1 aliphatic rings. The molecule has 2 unspecified atom stereocenters. The van der Waals surface area contributed by atoms with E-state index in [1.807, 2.05) is 0 Å². The maximum atomic E-state index is 12.2. The van der Waals surface area contributed by atoms with Gasteiger partial charge in [0.1, 0.15) is 0 Å². The maximum absolute atomic E-state index is 12.2. The first kappa shape index (κ1) is 19.3. The number of hydrogen-bond acceptors (Lipinski definition) is 4. The predicted octanol–water partition coefficient (Wildman–Crippen LogP) is 2.20. The number of rotatable bonds is 9. The van der Waals surface area contributed by atoms with Crippen molar-refractivity contribution in [2.75, 3.05) is 26.4 Å². The molecular formula is C15H27F2NO4. The number of ether oxygens (including phenoxy) is 3. The minimum absolute atomic E-state index is 0.204. The highest BCUT2D eigenvalue weighted by Gasteiger charge is 2.24. The second kappa shape index (κ2) is 10.1. The summed E-state index contributed by atoms with van der Waals surface area (Å²) in [4.78, 5) is 11.8. The van der Waals surface area contributed by atoms with Gasteiger partial charge in [-0.3, -0.25) is 4.79 Å². The van der Waals surface area contributed by atoms with Crippen molar-refractivity contribution >= 4 is 5.91 Å². The van der Waals surface area contributed by atoms with E-state index < -0.39 is 18.8 Å². The van der Waals surface area contributed by atoms with Crippen LogP contribution in [0.2, 0.25) is 0 Å². The Hall–Kier alpha value is -0.790. The minimum Gasteiger partial charge on any atom is -0.381 e. The summed E-state index contributed by atoms with van der Waals surface area (Å²) in [5.74, 6) is -0.0187. The number of carbonyl (C=O) groups is 1. The molecule has 1 saturated heterocycles. The van der Waals surface area contributed by atoms with Gasteiger partial charge in [0, 0.05) is 19.1 Å². The second-order valence-electron chi connectivity index (χ2n) is 5.96. The van der Waals surface area contributed by atoms with Gasteiger partial charge in [-0.25, -0.2) is 0 Å². The lowest BCUT2D eigenvalue weighted by atomic mass is 10.0. The number of carbonyl (C=O) groups excluding carboxylic acids is 1. The summed E-state index contributed by atoms with van der Waals surface area (Å²) >= 11 is 0. The molecule has 0 bridgehead atoms. The highest BCUT2D eigenvalue weighted by Crippen LogP contribution is 2.16. The Morgan fingerprint density at radius 2 is 1.86 bits per heavy atom. The Morgan fingerprint density at radius 1 is 1.23 bits per heavy atom. The molecule has 2 atom stereocenters.